The van der Waals surface area contributed by atoms with E-state index in [1.165, 1.54) is 23.9 Å². The van der Waals surface area contributed by atoms with Gasteiger partial charge in [-0.1, -0.05) is 0 Å². The second-order valence-electron chi connectivity index (χ2n) is 5.02. The van der Waals surface area contributed by atoms with E-state index in [-0.39, 0.29) is 23.8 Å². The number of carbonyl (C=O) groups is 1. The van der Waals surface area contributed by atoms with Crippen molar-refractivity contribution in [3.63, 3.8) is 0 Å². The Balaban J connectivity index is 2.11. The molecule has 1 aliphatic rings. The number of carbonyl (C=O) groups excluding carboxylic acids is 1. The standard InChI is InChI=1S/C13H19N3O4/c1-20-8-7-16-11(18)4-3-10(15-16)12(19)14-13(9-17)5-2-6-13/h3-4,17H,2,5-9H2,1H3,(H,14,19). The van der Waals surface area contributed by atoms with Gasteiger partial charge in [0.1, 0.15) is 5.69 Å². The molecule has 110 valence electrons. The number of nitrogens with zero attached hydrogens (tertiary/aromatic N) is 2. The molecule has 20 heavy (non-hydrogen) atoms. The lowest BCUT2D eigenvalue weighted by Gasteiger charge is -2.40. The summed E-state index contributed by atoms with van der Waals surface area (Å²) in [5, 5.41) is 16.2. The maximum Gasteiger partial charge on any atom is 0.272 e. The van der Waals surface area contributed by atoms with Crippen molar-refractivity contribution in [3.8, 4) is 0 Å². The van der Waals surface area contributed by atoms with Crippen molar-refractivity contribution in [3.05, 3.63) is 28.2 Å². The van der Waals surface area contributed by atoms with Gasteiger partial charge in [0, 0.05) is 13.2 Å². The summed E-state index contributed by atoms with van der Waals surface area (Å²) in [6.45, 7) is 0.558. The molecule has 1 aliphatic carbocycles. The van der Waals surface area contributed by atoms with Crippen LogP contribution in [0.2, 0.25) is 0 Å². The predicted octanol–water partition coefficient (Wildman–Crippen LogP) is -0.465. The van der Waals surface area contributed by atoms with Crippen molar-refractivity contribution in [2.24, 2.45) is 0 Å². The fourth-order valence-corrected chi connectivity index (χ4v) is 2.14. The van der Waals surface area contributed by atoms with Crippen LogP contribution in [0.4, 0.5) is 0 Å². The summed E-state index contributed by atoms with van der Waals surface area (Å²) in [5.74, 6) is -0.370. The number of amides is 1. The molecule has 0 bridgehead atoms. The predicted molar refractivity (Wildman–Crippen MR) is 71.5 cm³/mol. The van der Waals surface area contributed by atoms with Crippen molar-refractivity contribution in [1.82, 2.24) is 15.1 Å². The number of rotatable bonds is 6. The summed E-state index contributed by atoms with van der Waals surface area (Å²) >= 11 is 0. The summed E-state index contributed by atoms with van der Waals surface area (Å²) in [5.41, 5.74) is -0.633. The highest BCUT2D eigenvalue weighted by atomic mass is 16.5. The third-order valence-corrected chi connectivity index (χ3v) is 3.60. The molecule has 0 aliphatic heterocycles. The van der Waals surface area contributed by atoms with Crippen molar-refractivity contribution in [2.45, 2.75) is 31.3 Å². The Morgan fingerprint density at radius 3 is 2.85 bits per heavy atom. The van der Waals surface area contributed by atoms with Crippen LogP contribution in [-0.4, -0.2) is 46.7 Å². The zero-order valence-corrected chi connectivity index (χ0v) is 11.5. The average molecular weight is 281 g/mol. The fourth-order valence-electron chi connectivity index (χ4n) is 2.14. The first-order valence-electron chi connectivity index (χ1n) is 6.61. The Morgan fingerprint density at radius 1 is 1.55 bits per heavy atom. The molecule has 1 fully saturated rings. The van der Waals surface area contributed by atoms with Crippen LogP contribution in [0.5, 0.6) is 0 Å². The highest BCUT2D eigenvalue weighted by molar-refractivity contribution is 5.92. The fraction of sp³-hybridized carbons (Fsp3) is 0.615. The molecule has 0 spiro atoms. The molecule has 0 aromatic carbocycles. The van der Waals surface area contributed by atoms with Crippen LogP contribution in [0.1, 0.15) is 29.8 Å². The monoisotopic (exact) mass is 281 g/mol. The van der Waals surface area contributed by atoms with Gasteiger partial charge in [0.2, 0.25) is 0 Å². The normalized spacial score (nSPS) is 16.5. The molecule has 1 heterocycles. The lowest BCUT2D eigenvalue weighted by atomic mass is 9.77. The van der Waals surface area contributed by atoms with E-state index in [1.807, 2.05) is 0 Å². The first kappa shape index (κ1) is 14.7. The maximum atomic E-state index is 12.1. The molecule has 1 saturated carbocycles. The van der Waals surface area contributed by atoms with Crippen LogP contribution in [-0.2, 0) is 11.3 Å². The first-order valence-corrected chi connectivity index (χ1v) is 6.61. The zero-order valence-electron chi connectivity index (χ0n) is 11.5. The van der Waals surface area contributed by atoms with Gasteiger partial charge in [-0.05, 0) is 25.3 Å². The van der Waals surface area contributed by atoms with Crippen molar-refractivity contribution in [1.29, 1.82) is 0 Å². The largest absolute Gasteiger partial charge is 0.394 e. The number of ether oxygens (including phenoxy) is 1. The van der Waals surface area contributed by atoms with E-state index in [1.54, 1.807) is 0 Å². The van der Waals surface area contributed by atoms with Crippen LogP contribution >= 0.6 is 0 Å². The van der Waals surface area contributed by atoms with E-state index < -0.39 is 5.54 Å². The molecule has 0 unspecified atom stereocenters. The zero-order chi connectivity index (χ0) is 14.6. The molecule has 1 aromatic heterocycles. The minimum absolute atomic E-state index is 0.0813. The van der Waals surface area contributed by atoms with Gasteiger partial charge in [0.05, 0.1) is 25.3 Å². The quantitative estimate of drug-likeness (QED) is 0.735. The number of aliphatic hydroxyl groups excluding tert-OH is 1. The Morgan fingerprint density at radius 2 is 2.30 bits per heavy atom. The summed E-state index contributed by atoms with van der Waals surface area (Å²) < 4.78 is 6.09. The molecule has 0 atom stereocenters. The third-order valence-electron chi connectivity index (χ3n) is 3.60. The van der Waals surface area contributed by atoms with Gasteiger partial charge in [-0.25, -0.2) is 4.68 Å². The molecule has 0 radical (unpaired) electrons. The molecule has 2 rings (SSSR count). The Bertz CT molecular complexity index is 531. The number of nitrogens with one attached hydrogen (secondary N) is 1. The van der Waals surface area contributed by atoms with Crippen molar-refractivity contribution in [2.75, 3.05) is 20.3 Å². The van der Waals surface area contributed by atoms with E-state index in [2.05, 4.69) is 10.4 Å². The average Bonchev–Trinajstić information content (AvgIpc) is 2.41. The molecule has 2 N–H and O–H groups in total. The molecular formula is C13H19N3O4. The third kappa shape index (κ3) is 3.05. The SMILES string of the molecule is COCCn1nc(C(=O)NC2(CO)CCC2)ccc1=O. The number of aliphatic hydroxyl groups is 1. The minimum Gasteiger partial charge on any atom is -0.394 e. The number of hydrogen-bond acceptors (Lipinski definition) is 5. The van der Waals surface area contributed by atoms with Gasteiger partial charge < -0.3 is 15.2 Å². The summed E-state index contributed by atoms with van der Waals surface area (Å²) in [6.07, 6.45) is 2.51. The number of aromatic nitrogens is 2. The number of hydrogen-bond donors (Lipinski definition) is 2. The lowest BCUT2D eigenvalue weighted by molar-refractivity contribution is 0.0635. The summed E-state index contributed by atoms with van der Waals surface area (Å²) in [7, 11) is 1.53. The Kier molecular flexibility index (Phi) is 4.51. The van der Waals surface area contributed by atoms with Crippen LogP contribution < -0.4 is 10.9 Å². The Hall–Kier alpha value is -1.73. The maximum absolute atomic E-state index is 12.1. The van der Waals surface area contributed by atoms with Crippen LogP contribution in [0.3, 0.4) is 0 Å². The molecule has 7 nitrogen and oxygen atoms in total. The Labute approximate surface area is 116 Å². The molecule has 7 heteroatoms. The lowest BCUT2D eigenvalue weighted by Crippen LogP contribution is -2.56. The second kappa shape index (κ2) is 6.15. The topological polar surface area (TPSA) is 93.5 Å². The van der Waals surface area contributed by atoms with Gasteiger partial charge in [-0.15, -0.1) is 0 Å². The van der Waals surface area contributed by atoms with Gasteiger partial charge >= 0.3 is 0 Å². The minimum atomic E-state index is -0.522. The molecule has 0 saturated heterocycles. The van der Waals surface area contributed by atoms with Gasteiger partial charge in [0.15, 0.2) is 0 Å². The van der Waals surface area contributed by atoms with Gasteiger partial charge in [-0.3, -0.25) is 9.59 Å². The smallest absolute Gasteiger partial charge is 0.272 e. The van der Waals surface area contributed by atoms with Crippen molar-refractivity contribution >= 4 is 5.91 Å². The van der Waals surface area contributed by atoms with E-state index in [4.69, 9.17) is 4.74 Å². The van der Waals surface area contributed by atoms with Gasteiger partial charge in [-0.2, -0.15) is 5.10 Å². The summed E-state index contributed by atoms with van der Waals surface area (Å²) in [4.78, 5) is 23.7. The van der Waals surface area contributed by atoms with Crippen LogP contribution in [0, 0.1) is 0 Å². The van der Waals surface area contributed by atoms with Crippen LogP contribution in [0.15, 0.2) is 16.9 Å². The van der Waals surface area contributed by atoms with Crippen molar-refractivity contribution < 1.29 is 14.6 Å². The highest BCUT2D eigenvalue weighted by Crippen LogP contribution is 2.31. The van der Waals surface area contributed by atoms with E-state index >= 15 is 0 Å². The summed E-state index contributed by atoms with van der Waals surface area (Å²) in [6, 6.07) is 2.70. The van der Waals surface area contributed by atoms with E-state index in [0.29, 0.717) is 13.2 Å². The molecule has 1 amide bonds. The first-order chi connectivity index (χ1) is 9.60. The number of methoxy groups -OCH3 is 1. The van der Waals surface area contributed by atoms with E-state index in [0.717, 1.165) is 19.3 Å². The van der Waals surface area contributed by atoms with Gasteiger partial charge in [0.25, 0.3) is 11.5 Å². The molecular weight excluding hydrogens is 262 g/mol. The van der Waals surface area contributed by atoms with E-state index in [9.17, 15) is 14.7 Å². The van der Waals surface area contributed by atoms with Crippen LogP contribution in [0.25, 0.3) is 0 Å². The second-order valence-corrected chi connectivity index (χ2v) is 5.02. The molecule has 1 aromatic rings. The highest BCUT2D eigenvalue weighted by Gasteiger charge is 2.38.